The molecule has 1 aliphatic heterocycles. The van der Waals surface area contributed by atoms with Crippen molar-refractivity contribution in [1.82, 2.24) is 9.80 Å². The van der Waals surface area contributed by atoms with Crippen LogP contribution in [0.2, 0.25) is 0 Å². The van der Waals surface area contributed by atoms with E-state index in [4.69, 9.17) is 9.47 Å². The normalized spacial score (nSPS) is 13.5. The SMILES string of the molecule is Cc1ccccc1OCCC(=O)OCC(=O)N1CCN(C(=O)Nc2ccccc2)CC1. The molecule has 0 aromatic heterocycles. The van der Waals surface area contributed by atoms with Crippen LogP contribution in [-0.2, 0) is 14.3 Å². The summed E-state index contributed by atoms with van der Waals surface area (Å²) in [6.07, 6.45) is 0.0645. The van der Waals surface area contributed by atoms with Crippen LogP contribution < -0.4 is 10.1 Å². The first-order chi connectivity index (χ1) is 15.0. The molecule has 0 atom stereocenters. The molecule has 31 heavy (non-hydrogen) atoms. The van der Waals surface area contributed by atoms with Crippen molar-refractivity contribution in [3.63, 3.8) is 0 Å². The molecular formula is C23H27N3O5. The van der Waals surface area contributed by atoms with Gasteiger partial charge in [0, 0.05) is 31.9 Å². The zero-order chi connectivity index (χ0) is 22.1. The molecule has 1 heterocycles. The standard InChI is InChI=1S/C23H27N3O5/c1-18-7-5-6-10-20(18)30-16-11-22(28)31-17-21(27)25-12-14-26(15-13-25)23(29)24-19-8-3-2-4-9-19/h2-10H,11-17H2,1H3,(H,24,29). The van der Waals surface area contributed by atoms with E-state index in [2.05, 4.69) is 5.32 Å². The monoisotopic (exact) mass is 425 g/mol. The average molecular weight is 425 g/mol. The number of ether oxygens (including phenoxy) is 2. The number of para-hydroxylation sites is 2. The van der Waals surface area contributed by atoms with Gasteiger partial charge < -0.3 is 24.6 Å². The highest BCUT2D eigenvalue weighted by Crippen LogP contribution is 2.16. The quantitative estimate of drug-likeness (QED) is 0.689. The van der Waals surface area contributed by atoms with E-state index in [9.17, 15) is 14.4 Å². The molecule has 0 bridgehead atoms. The number of urea groups is 1. The largest absolute Gasteiger partial charge is 0.493 e. The first-order valence-electron chi connectivity index (χ1n) is 10.3. The predicted octanol–water partition coefficient (Wildman–Crippen LogP) is 2.68. The van der Waals surface area contributed by atoms with Crippen LogP contribution in [0.25, 0.3) is 0 Å². The maximum atomic E-state index is 12.3. The molecule has 2 aromatic rings. The molecule has 0 spiro atoms. The Labute approximate surface area is 181 Å². The number of piperazine rings is 1. The van der Waals surface area contributed by atoms with Crippen molar-refractivity contribution < 1.29 is 23.9 Å². The molecule has 0 unspecified atom stereocenters. The second-order valence-corrected chi connectivity index (χ2v) is 7.19. The van der Waals surface area contributed by atoms with Crippen LogP contribution in [0.15, 0.2) is 54.6 Å². The lowest BCUT2D eigenvalue weighted by atomic mass is 10.2. The van der Waals surface area contributed by atoms with Crippen molar-refractivity contribution in [2.45, 2.75) is 13.3 Å². The van der Waals surface area contributed by atoms with Gasteiger partial charge in [-0.25, -0.2) is 4.79 Å². The van der Waals surface area contributed by atoms with Crippen molar-refractivity contribution in [3.8, 4) is 5.75 Å². The Morgan fingerprint density at radius 3 is 2.26 bits per heavy atom. The summed E-state index contributed by atoms with van der Waals surface area (Å²) in [6, 6.07) is 16.6. The van der Waals surface area contributed by atoms with Crippen molar-refractivity contribution in [1.29, 1.82) is 0 Å². The summed E-state index contributed by atoms with van der Waals surface area (Å²) in [4.78, 5) is 39.8. The minimum absolute atomic E-state index is 0.0645. The van der Waals surface area contributed by atoms with E-state index >= 15 is 0 Å². The number of hydrogen-bond donors (Lipinski definition) is 1. The molecule has 1 aliphatic rings. The van der Waals surface area contributed by atoms with Crippen LogP contribution in [0.4, 0.5) is 10.5 Å². The Morgan fingerprint density at radius 1 is 0.903 bits per heavy atom. The Balaban J connectivity index is 1.32. The fourth-order valence-electron chi connectivity index (χ4n) is 3.15. The van der Waals surface area contributed by atoms with Crippen LogP contribution in [0, 0.1) is 6.92 Å². The van der Waals surface area contributed by atoms with Gasteiger partial charge in [-0.3, -0.25) is 9.59 Å². The molecule has 0 saturated carbocycles. The zero-order valence-corrected chi connectivity index (χ0v) is 17.6. The van der Waals surface area contributed by atoms with E-state index in [-0.39, 0.29) is 31.6 Å². The molecule has 1 N–H and O–H groups in total. The highest BCUT2D eigenvalue weighted by molar-refractivity contribution is 5.89. The van der Waals surface area contributed by atoms with Crippen molar-refractivity contribution >= 4 is 23.6 Å². The molecule has 0 radical (unpaired) electrons. The lowest BCUT2D eigenvalue weighted by Gasteiger charge is -2.34. The number of nitrogens with zero attached hydrogens (tertiary/aromatic N) is 2. The number of esters is 1. The van der Waals surface area contributed by atoms with Gasteiger partial charge in [0.05, 0.1) is 13.0 Å². The summed E-state index contributed by atoms with van der Waals surface area (Å²) in [6.45, 7) is 3.44. The second kappa shape index (κ2) is 11.0. The maximum Gasteiger partial charge on any atom is 0.321 e. The van der Waals surface area contributed by atoms with Crippen molar-refractivity contribution in [2.75, 3.05) is 44.7 Å². The molecule has 1 fully saturated rings. The van der Waals surface area contributed by atoms with Crippen LogP contribution in [0.5, 0.6) is 5.75 Å². The van der Waals surface area contributed by atoms with Crippen molar-refractivity contribution in [3.05, 3.63) is 60.2 Å². The summed E-state index contributed by atoms with van der Waals surface area (Å²) in [7, 11) is 0. The first kappa shape index (κ1) is 22.1. The number of benzene rings is 2. The zero-order valence-electron chi connectivity index (χ0n) is 17.6. The van der Waals surface area contributed by atoms with Gasteiger partial charge in [0.15, 0.2) is 6.61 Å². The lowest BCUT2D eigenvalue weighted by molar-refractivity contribution is -0.153. The molecule has 0 aliphatic carbocycles. The fourth-order valence-corrected chi connectivity index (χ4v) is 3.15. The average Bonchev–Trinajstić information content (AvgIpc) is 2.79. The Morgan fingerprint density at radius 2 is 1.55 bits per heavy atom. The third kappa shape index (κ3) is 6.74. The molecule has 2 aromatic carbocycles. The summed E-state index contributed by atoms with van der Waals surface area (Å²) in [5.41, 5.74) is 1.71. The summed E-state index contributed by atoms with van der Waals surface area (Å²) in [5, 5.41) is 2.83. The van der Waals surface area contributed by atoms with Gasteiger partial charge in [-0.2, -0.15) is 0 Å². The Kier molecular flexibility index (Phi) is 7.86. The van der Waals surface area contributed by atoms with Crippen LogP contribution in [-0.4, -0.2) is 67.1 Å². The number of hydrogen-bond acceptors (Lipinski definition) is 5. The van der Waals surface area contributed by atoms with Gasteiger partial charge in [0.25, 0.3) is 5.91 Å². The van der Waals surface area contributed by atoms with Crippen molar-refractivity contribution in [2.24, 2.45) is 0 Å². The number of nitrogens with one attached hydrogen (secondary N) is 1. The number of amides is 3. The van der Waals surface area contributed by atoms with E-state index in [1.807, 2.05) is 61.5 Å². The van der Waals surface area contributed by atoms with E-state index in [0.717, 1.165) is 17.0 Å². The second-order valence-electron chi connectivity index (χ2n) is 7.19. The van der Waals surface area contributed by atoms with E-state index in [0.29, 0.717) is 26.2 Å². The summed E-state index contributed by atoms with van der Waals surface area (Å²) < 4.78 is 10.6. The van der Waals surface area contributed by atoms with Gasteiger partial charge in [-0.15, -0.1) is 0 Å². The predicted molar refractivity (Wildman–Crippen MR) is 116 cm³/mol. The molecule has 8 nitrogen and oxygen atoms in total. The van der Waals surface area contributed by atoms with E-state index in [1.165, 1.54) is 0 Å². The number of aryl methyl sites for hydroxylation is 1. The smallest absolute Gasteiger partial charge is 0.321 e. The minimum atomic E-state index is -0.484. The number of carbonyl (C=O) groups excluding carboxylic acids is 3. The molecule has 164 valence electrons. The topological polar surface area (TPSA) is 88.2 Å². The van der Waals surface area contributed by atoms with Gasteiger partial charge in [-0.05, 0) is 30.7 Å². The maximum absolute atomic E-state index is 12.3. The molecule has 1 saturated heterocycles. The number of rotatable bonds is 7. The van der Waals surface area contributed by atoms with Gasteiger partial charge in [0.2, 0.25) is 0 Å². The summed E-state index contributed by atoms with van der Waals surface area (Å²) >= 11 is 0. The highest BCUT2D eigenvalue weighted by Gasteiger charge is 2.24. The molecule has 3 rings (SSSR count). The van der Waals surface area contributed by atoms with Gasteiger partial charge in [-0.1, -0.05) is 36.4 Å². The number of carbonyl (C=O) groups is 3. The first-order valence-corrected chi connectivity index (χ1v) is 10.3. The Bertz CT molecular complexity index is 895. The molecule has 8 heteroatoms. The number of anilines is 1. The Hall–Kier alpha value is -3.55. The molecular weight excluding hydrogens is 398 g/mol. The third-order valence-electron chi connectivity index (χ3n) is 4.96. The van der Waals surface area contributed by atoms with Crippen LogP contribution in [0.1, 0.15) is 12.0 Å². The van der Waals surface area contributed by atoms with Crippen LogP contribution >= 0.6 is 0 Å². The van der Waals surface area contributed by atoms with Gasteiger partial charge >= 0.3 is 12.0 Å². The van der Waals surface area contributed by atoms with Gasteiger partial charge in [0.1, 0.15) is 5.75 Å². The third-order valence-corrected chi connectivity index (χ3v) is 4.96. The fraction of sp³-hybridized carbons (Fsp3) is 0.348. The highest BCUT2D eigenvalue weighted by atomic mass is 16.5. The van der Waals surface area contributed by atoms with E-state index < -0.39 is 5.97 Å². The molecule has 3 amide bonds. The lowest BCUT2D eigenvalue weighted by Crippen LogP contribution is -2.52. The van der Waals surface area contributed by atoms with E-state index in [1.54, 1.807) is 9.80 Å². The summed E-state index contributed by atoms with van der Waals surface area (Å²) in [5.74, 6) is -0.0281. The van der Waals surface area contributed by atoms with Crippen LogP contribution in [0.3, 0.4) is 0 Å². The minimum Gasteiger partial charge on any atom is -0.493 e.